The summed E-state index contributed by atoms with van der Waals surface area (Å²) in [6, 6.07) is 0. The van der Waals surface area contributed by atoms with Crippen LogP contribution in [-0.4, -0.2) is 16.0 Å². The molecule has 2 aliphatic rings. The first-order chi connectivity index (χ1) is 5.66. The molecule has 64 valence electrons. The number of hydrogen-bond acceptors (Lipinski definition) is 1. The molecule has 3 unspecified atom stereocenters. The summed E-state index contributed by atoms with van der Waals surface area (Å²) in [5.74, 6) is -0.0321. The maximum atomic E-state index is 11.3. The van der Waals surface area contributed by atoms with Crippen LogP contribution in [0.5, 0.6) is 0 Å². The Morgan fingerprint density at radius 1 is 1.50 bits per heavy atom. The quantitative estimate of drug-likeness (QED) is 0.552. The fourth-order valence-electron chi connectivity index (χ4n) is 1.68. The van der Waals surface area contributed by atoms with Gasteiger partial charge in [-0.05, 0) is 6.42 Å². The van der Waals surface area contributed by atoms with Gasteiger partial charge in [0, 0.05) is 5.92 Å². The van der Waals surface area contributed by atoms with Gasteiger partial charge in [0.1, 0.15) is 10.3 Å². The lowest BCUT2D eigenvalue weighted by Crippen LogP contribution is -2.59. The molecular weight excluding hydrogens is 195 g/mol. The van der Waals surface area contributed by atoms with Gasteiger partial charge in [0.05, 0.1) is 0 Å². The van der Waals surface area contributed by atoms with E-state index in [1.807, 2.05) is 24.3 Å². The van der Waals surface area contributed by atoms with Gasteiger partial charge in [0.25, 0.3) is 0 Å². The molecule has 0 bridgehead atoms. The van der Waals surface area contributed by atoms with Gasteiger partial charge in [-0.2, -0.15) is 0 Å². The Kier molecular flexibility index (Phi) is 1.81. The van der Waals surface area contributed by atoms with E-state index >= 15 is 0 Å². The summed E-state index contributed by atoms with van der Waals surface area (Å²) in [5, 5.41) is -0.418. The Morgan fingerprint density at radius 3 is 3.00 bits per heavy atom. The van der Waals surface area contributed by atoms with Crippen molar-refractivity contribution in [2.45, 2.75) is 16.7 Å². The van der Waals surface area contributed by atoms with Crippen LogP contribution >= 0.6 is 23.2 Å². The molecule has 0 saturated heterocycles. The highest BCUT2D eigenvalue weighted by Crippen LogP contribution is 2.48. The minimum Gasteiger partial charge on any atom is -0.296 e. The van der Waals surface area contributed by atoms with Crippen LogP contribution in [0.15, 0.2) is 24.3 Å². The van der Waals surface area contributed by atoms with Crippen molar-refractivity contribution >= 4 is 29.0 Å². The molecule has 0 N–H and O–H groups in total. The second kappa shape index (κ2) is 2.61. The van der Waals surface area contributed by atoms with Crippen molar-refractivity contribution < 1.29 is 4.79 Å². The second-order valence-electron chi connectivity index (χ2n) is 3.17. The highest BCUT2D eigenvalue weighted by atomic mass is 35.5. The van der Waals surface area contributed by atoms with E-state index in [4.69, 9.17) is 23.2 Å². The van der Waals surface area contributed by atoms with Crippen molar-refractivity contribution in [1.29, 1.82) is 0 Å². The number of alkyl halides is 2. The third-order valence-corrected chi connectivity index (χ3v) is 3.55. The van der Waals surface area contributed by atoms with Crippen LogP contribution in [0.3, 0.4) is 0 Å². The van der Waals surface area contributed by atoms with Crippen LogP contribution in [0.25, 0.3) is 0 Å². The largest absolute Gasteiger partial charge is 0.296 e. The summed E-state index contributed by atoms with van der Waals surface area (Å²) in [6.45, 7) is 0. The number of ketones is 1. The first-order valence-corrected chi connectivity index (χ1v) is 4.68. The van der Waals surface area contributed by atoms with E-state index in [2.05, 4.69) is 0 Å². The van der Waals surface area contributed by atoms with Gasteiger partial charge in [0.2, 0.25) is 0 Å². The van der Waals surface area contributed by atoms with Crippen molar-refractivity contribution in [3.8, 4) is 0 Å². The maximum Gasteiger partial charge on any atom is 0.173 e. The highest BCUT2D eigenvalue weighted by molar-refractivity contribution is 6.48. The number of hydrogen-bond donors (Lipinski definition) is 0. The molecule has 0 spiro atoms. The third kappa shape index (κ3) is 0.898. The molecule has 0 amide bonds. The molecule has 0 radical (unpaired) electrons. The SMILES string of the molecule is O=C1C(Cl)C2C=CC=CCC12Cl. The monoisotopic (exact) mass is 202 g/mol. The van der Waals surface area contributed by atoms with Gasteiger partial charge in [-0.25, -0.2) is 0 Å². The standard InChI is InChI=1S/C9H8Cl2O/c10-7-6-4-2-1-3-5-9(6,11)8(7)12/h1-4,6-7H,5H2. The van der Waals surface area contributed by atoms with E-state index in [-0.39, 0.29) is 11.7 Å². The smallest absolute Gasteiger partial charge is 0.173 e. The number of allylic oxidation sites excluding steroid dienone is 4. The average molecular weight is 203 g/mol. The van der Waals surface area contributed by atoms with E-state index in [1.165, 1.54) is 0 Å². The molecule has 3 heteroatoms. The van der Waals surface area contributed by atoms with Crippen molar-refractivity contribution in [3.63, 3.8) is 0 Å². The minimum absolute atomic E-state index is 0.00309. The van der Waals surface area contributed by atoms with E-state index < -0.39 is 10.3 Å². The number of carbonyl (C=O) groups excluding carboxylic acids is 1. The van der Waals surface area contributed by atoms with Crippen LogP contribution in [0.4, 0.5) is 0 Å². The minimum atomic E-state index is -0.740. The van der Waals surface area contributed by atoms with E-state index in [9.17, 15) is 4.79 Å². The summed E-state index contributed by atoms with van der Waals surface area (Å²) in [6.07, 6.45) is 8.21. The Balaban J connectivity index is 2.33. The van der Waals surface area contributed by atoms with Crippen LogP contribution in [0.1, 0.15) is 6.42 Å². The topological polar surface area (TPSA) is 17.1 Å². The van der Waals surface area contributed by atoms with Gasteiger partial charge in [-0.15, -0.1) is 23.2 Å². The molecule has 0 aromatic rings. The molecule has 1 fully saturated rings. The fraction of sp³-hybridized carbons (Fsp3) is 0.444. The third-order valence-electron chi connectivity index (χ3n) is 2.48. The zero-order valence-corrected chi connectivity index (χ0v) is 7.85. The van der Waals surface area contributed by atoms with Crippen LogP contribution in [0.2, 0.25) is 0 Å². The number of fused-ring (bicyclic) bond motifs is 1. The fourth-order valence-corrected chi connectivity index (χ4v) is 2.70. The molecule has 0 heterocycles. The molecule has 2 rings (SSSR count). The van der Waals surface area contributed by atoms with Gasteiger partial charge in [0.15, 0.2) is 5.78 Å². The molecule has 12 heavy (non-hydrogen) atoms. The van der Waals surface area contributed by atoms with Crippen LogP contribution in [0, 0.1) is 5.92 Å². The number of rotatable bonds is 0. The highest BCUT2D eigenvalue weighted by Gasteiger charge is 2.58. The summed E-state index contributed by atoms with van der Waals surface area (Å²) >= 11 is 11.9. The molecular formula is C9H8Cl2O. The molecule has 0 aromatic heterocycles. The number of carbonyl (C=O) groups is 1. The Hall–Kier alpha value is -0.270. The summed E-state index contributed by atoms with van der Waals surface area (Å²) in [5.41, 5.74) is 0. The Morgan fingerprint density at radius 2 is 2.25 bits per heavy atom. The van der Waals surface area contributed by atoms with Crippen molar-refractivity contribution in [3.05, 3.63) is 24.3 Å². The predicted octanol–water partition coefficient (Wildman–Crippen LogP) is 2.29. The zero-order chi connectivity index (χ0) is 8.77. The Labute approximate surface area is 81.0 Å². The van der Waals surface area contributed by atoms with Crippen LogP contribution < -0.4 is 0 Å². The summed E-state index contributed by atoms with van der Waals surface area (Å²) in [7, 11) is 0. The Bertz CT molecular complexity index is 282. The number of halogens is 2. The lowest BCUT2D eigenvalue weighted by atomic mass is 9.69. The predicted molar refractivity (Wildman–Crippen MR) is 49.6 cm³/mol. The van der Waals surface area contributed by atoms with Gasteiger partial charge in [-0.1, -0.05) is 24.3 Å². The van der Waals surface area contributed by atoms with Crippen molar-refractivity contribution in [2.24, 2.45) is 5.92 Å². The first-order valence-electron chi connectivity index (χ1n) is 3.87. The van der Waals surface area contributed by atoms with Gasteiger partial charge in [-0.3, -0.25) is 4.79 Å². The molecule has 2 aliphatic carbocycles. The van der Waals surface area contributed by atoms with Crippen molar-refractivity contribution in [2.75, 3.05) is 0 Å². The summed E-state index contributed by atoms with van der Waals surface area (Å²) < 4.78 is 0. The zero-order valence-electron chi connectivity index (χ0n) is 6.34. The lowest BCUT2D eigenvalue weighted by molar-refractivity contribution is -0.129. The molecule has 3 atom stereocenters. The van der Waals surface area contributed by atoms with Gasteiger partial charge < -0.3 is 0 Å². The maximum absolute atomic E-state index is 11.3. The van der Waals surface area contributed by atoms with Crippen LogP contribution in [-0.2, 0) is 4.79 Å². The normalized spacial score (nSPS) is 45.0. The van der Waals surface area contributed by atoms with Crippen molar-refractivity contribution in [1.82, 2.24) is 0 Å². The second-order valence-corrected chi connectivity index (χ2v) is 4.32. The van der Waals surface area contributed by atoms with E-state index in [0.717, 1.165) is 0 Å². The van der Waals surface area contributed by atoms with Gasteiger partial charge >= 0.3 is 0 Å². The van der Waals surface area contributed by atoms with E-state index in [1.54, 1.807) is 0 Å². The molecule has 1 saturated carbocycles. The lowest BCUT2D eigenvalue weighted by Gasteiger charge is -2.44. The summed E-state index contributed by atoms with van der Waals surface area (Å²) in [4.78, 5) is 10.6. The average Bonchev–Trinajstić information content (AvgIpc) is 2.25. The molecule has 1 nitrogen and oxygen atoms in total. The molecule has 0 aromatic carbocycles. The number of Topliss-reactive ketones (excluding diaryl/α,β-unsaturated/α-hetero) is 1. The van der Waals surface area contributed by atoms with E-state index in [0.29, 0.717) is 6.42 Å². The first kappa shape index (κ1) is 8.33. The molecule has 0 aliphatic heterocycles.